The molecule has 0 radical (unpaired) electrons. The molecule has 4 aromatic heterocycles. The number of aryl methyl sites for hydroxylation is 4. The first kappa shape index (κ1) is 21.8. The van der Waals surface area contributed by atoms with Crippen molar-refractivity contribution < 1.29 is 4.74 Å². The third-order valence-corrected chi connectivity index (χ3v) is 5.47. The summed E-state index contributed by atoms with van der Waals surface area (Å²) in [7, 11) is 5.92. The molecule has 0 aromatic carbocycles. The van der Waals surface area contributed by atoms with Crippen LogP contribution in [0.4, 0.5) is 0 Å². The van der Waals surface area contributed by atoms with Gasteiger partial charge in [0.1, 0.15) is 11.9 Å². The summed E-state index contributed by atoms with van der Waals surface area (Å²) < 4.78 is 12.0. The van der Waals surface area contributed by atoms with E-state index in [0.29, 0.717) is 5.88 Å². The van der Waals surface area contributed by atoms with Gasteiger partial charge in [-0.15, -0.1) is 0 Å². The summed E-state index contributed by atoms with van der Waals surface area (Å²) >= 11 is 0. The number of fused-ring (bicyclic) bond motifs is 1. The number of likely N-dealkylation sites (N-methyl/N-ethyl adjacent to an activating group) is 1. The van der Waals surface area contributed by atoms with Crippen LogP contribution in [0.25, 0.3) is 22.9 Å². The Bertz CT molecular complexity index is 1260. The summed E-state index contributed by atoms with van der Waals surface area (Å²) in [6, 6.07) is 0. The molecule has 0 amide bonds. The van der Waals surface area contributed by atoms with E-state index < -0.39 is 0 Å². The molecule has 0 N–H and O–H groups in total. The van der Waals surface area contributed by atoms with E-state index >= 15 is 0 Å². The van der Waals surface area contributed by atoms with Crippen molar-refractivity contribution in [2.45, 2.75) is 33.4 Å². The van der Waals surface area contributed by atoms with Gasteiger partial charge in [-0.05, 0) is 39.5 Å². The van der Waals surface area contributed by atoms with E-state index in [2.05, 4.69) is 52.5 Å². The van der Waals surface area contributed by atoms with Crippen molar-refractivity contribution in [3.63, 3.8) is 0 Å². The van der Waals surface area contributed by atoms with Gasteiger partial charge >= 0.3 is 0 Å². The van der Waals surface area contributed by atoms with Crippen LogP contribution in [-0.4, -0.2) is 58.5 Å². The second kappa shape index (κ2) is 8.58. The Morgan fingerprint density at radius 1 is 1.16 bits per heavy atom. The zero-order chi connectivity index (χ0) is 23.0. The molecule has 9 heteroatoms. The Balaban J connectivity index is 1.56. The minimum absolute atomic E-state index is 0.0571. The van der Waals surface area contributed by atoms with Gasteiger partial charge in [0.05, 0.1) is 40.6 Å². The summed E-state index contributed by atoms with van der Waals surface area (Å²) in [5.41, 5.74) is 5.70. The van der Waals surface area contributed by atoms with Crippen LogP contribution in [0.15, 0.2) is 31.4 Å². The maximum absolute atomic E-state index is 6.39. The molecule has 0 fully saturated rings. The highest BCUT2D eigenvalue weighted by atomic mass is 16.5. The molecule has 0 bridgehead atoms. The van der Waals surface area contributed by atoms with Gasteiger partial charge in [-0.1, -0.05) is 6.58 Å². The van der Waals surface area contributed by atoms with E-state index in [0.717, 1.165) is 47.1 Å². The largest absolute Gasteiger partial charge is 0.473 e. The van der Waals surface area contributed by atoms with Gasteiger partial charge in [0.15, 0.2) is 0 Å². The Labute approximate surface area is 188 Å². The van der Waals surface area contributed by atoms with Crippen LogP contribution in [0.2, 0.25) is 0 Å². The zero-order valence-corrected chi connectivity index (χ0v) is 19.6. The van der Waals surface area contributed by atoms with Gasteiger partial charge < -0.3 is 4.74 Å². The minimum Gasteiger partial charge on any atom is -0.473 e. The van der Waals surface area contributed by atoms with Crippen LogP contribution in [0, 0.1) is 13.8 Å². The molecule has 4 aromatic rings. The molecule has 1 unspecified atom stereocenters. The maximum atomic E-state index is 6.39. The van der Waals surface area contributed by atoms with Crippen LogP contribution in [0.3, 0.4) is 0 Å². The number of aromatic nitrogens is 7. The Hall–Kier alpha value is -3.46. The van der Waals surface area contributed by atoms with Crippen LogP contribution < -0.4 is 4.74 Å². The highest BCUT2D eigenvalue weighted by molar-refractivity contribution is 5.69. The SMILES string of the molecule is C=Cc1ncc2cnc(-c3c(C)nn(C)c3OC(C)CN(C)Cc3nn(C)cc3C)cn12. The molecule has 4 rings (SSSR count). The molecule has 32 heavy (non-hydrogen) atoms. The summed E-state index contributed by atoms with van der Waals surface area (Å²) in [4.78, 5) is 11.2. The molecule has 0 aliphatic carbocycles. The van der Waals surface area contributed by atoms with Crippen molar-refractivity contribution in [3.05, 3.63) is 54.1 Å². The van der Waals surface area contributed by atoms with Gasteiger partial charge in [-0.3, -0.25) is 19.0 Å². The van der Waals surface area contributed by atoms with Crippen LogP contribution >= 0.6 is 0 Å². The van der Waals surface area contributed by atoms with Crippen LogP contribution in [0.5, 0.6) is 5.88 Å². The fourth-order valence-corrected chi connectivity index (χ4v) is 4.06. The smallest absolute Gasteiger partial charge is 0.221 e. The number of ether oxygens (including phenoxy) is 1. The average molecular weight is 435 g/mol. The normalized spacial score (nSPS) is 12.6. The van der Waals surface area contributed by atoms with E-state index in [4.69, 9.17) is 4.74 Å². The van der Waals surface area contributed by atoms with Crippen LogP contribution in [0.1, 0.15) is 29.7 Å². The average Bonchev–Trinajstić information content (AvgIpc) is 3.36. The van der Waals surface area contributed by atoms with E-state index in [1.54, 1.807) is 23.2 Å². The number of nitrogens with zero attached hydrogens (tertiary/aromatic N) is 8. The molecule has 0 saturated heterocycles. The lowest BCUT2D eigenvalue weighted by atomic mass is 10.2. The predicted octanol–water partition coefficient (Wildman–Crippen LogP) is 3.02. The molecule has 0 spiro atoms. The van der Waals surface area contributed by atoms with Crippen molar-refractivity contribution in [2.75, 3.05) is 13.6 Å². The Morgan fingerprint density at radius 3 is 2.59 bits per heavy atom. The standard InChI is InChI=1S/C23H30N8O/c1-8-21-25-10-18-9-24-20(14-31(18)21)22-17(4)26-30(7)23(22)32-16(3)12-28(5)13-19-15(2)11-29(6)27-19/h8-11,14,16H,1,12-13H2,2-7H3. The lowest BCUT2D eigenvalue weighted by molar-refractivity contribution is 0.148. The van der Waals surface area contributed by atoms with Crippen LogP contribution in [-0.2, 0) is 20.6 Å². The monoisotopic (exact) mass is 434 g/mol. The lowest BCUT2D eigenvalue weighted by Crippen LogP contribution is -2.31. The van der Waals surface area contributed by atoms with Crippen molar-refractivity contribution in [1.82, 2.24) is 38.8 Å². The van der Waals surface area contributed by atoms with Crippen molar-refractivity contribution in [1.29, 1.82) is 0 Å². The van der Waals surface area contributed by atoms with Gasteiger partial charge in [0.2, 0.25) is 5.88 Å². The highest BCUT2D eigenvalue weighted by Gasteiger charge is 2.21. The highest BCUT2D eigenvalue weighted by Crippen LogP contribution is 2.32. The van der Waals surface area contributed by atoms with E-state index in [1.807, 2.05) is 42.5 Å². The molecule has 9 nitrogen and oxygen atoms in total. The first-order valence-electron chi connectivity index (χ1n) is 10.6. The predicted molar refractivity (Wildman–Crippen MR) is 124 cm³/mol. The minimum atomic E-state index is -0.0571. The first-order chi connectivity index (χ1) is 15.3. The fraction of sp³-hybridized carbons (Fsp3) is 0.391. The Kier molecular flexibility index (Phi) is 5.84. The third-order valence-electron chi connectivity index (χ3n) is 5.47. The number of rotatable bonds is 8. The molecule has 4 heterocycles. The van der Waals surface area contributed by atoms with Crippen molar-refractivity contribution in [3.8, 4) is 17.1 Å². The Morgan fingerprint density at radius 2 is 1.91 bits per heavy atom. The van der Waals surface area contributed by atoms with Gasteiger partial charge in [0, 0.05) is 39.6 Å². The maximum Gasteiger partial charge on any atom is 0.221 e. The molecule has 0 saturated carbocycles. The topological polar surface area (TPSA) is 78.3 Å². The first-order valence-corrected chi connectivity index (χ1v) is 10.6. The summed E-state index contributed by atoms with van der Waals surface area (Å²) in [6.45, 7) is 11.5. The van der Waals surface area contributed by atoms with E-state index in [-0.39, 0.29) is 6.10 Å². The molecule has 0 aliphatic heterocycles. The van der Waals surface area contributed by atoms with Crippen molar-refractivity contribution in [2.24, 2.45) is 14.1 Å². The molecule has 1 atom stereocenters. The van der Waals surface area contributed by atoms with E-state index in [1.165, 1.54) is 5.56 Å². The second-order valence-electron chi connectivity index (χ2n) is 8.33. The zero-order valence-electron chi connectivity index (χ0n) is 19.6. The van der Waals surface area contributed by atoms with E-state index in [9.17, 15) is 0 Å². The second-order valence-corrected chi connectivity index (χ2v) is 8.33. The molecule has 168 valence electrons. The van der Waals surface area contributed by atoms with Gasteiger partial charge in [0.25, 0.3) is 0 Å². The third kappa shape index (κ3) is 4.16. The molecular weight excluding hydrogens is 404 g/mol. The molecule has 0 aliphatic rings. The quantitative estimate of drug-likeness (QED) is 0.424. The number of hydrogen-bond donors (Lipinski definition) is 0. The molecular formula is C23H30N8O. The fourth-order valence-electron chi connectivity index (χ4n) is 4.06. The van der Waals surface area contributed by atoms with Gasteiger partial charge in [-0.2, -0.15) is 10.2 Å². The number of hydrogen-bond acceptors (Lipinski definition) is 6. The van der Waals surface area contributed by atoms with Crippen molar-refractivity contribution >= 4 is 11.6 Å². The number of imidazole rings is 1. The lowest BCUT2D eigenvalue weighted by Gasteiger charge is -2.22. The summed E-state index contributed by atoms with van der Waals surface area (Å²) in [6.07, 6.45) is 9.25. The summed E-state index contributed by atoms with van der Waals surface area (Å²) in [5, 5.41) is 9.14. The van der Waals surface area contributed by atoms with Gasteiger partial charge in [-0.25, -0.2) is 9.67 Å². The summed E-state index contributed by atoms with van der Waals surface area (Å²) in [5.74, 6) is 1.47.